The number of aromatic hydroxyl groups is 1. The van der Waals surface area contributed by atoms with Crippen LogP contribution in [0.5, 0.6) is 5.75 Å². The highest BCUT2D eigenvalue weighted by molar-refractivity contribution is 5.74. The fourth-order valence-electron chi connectivity index (χ4n) is 3.49. The minimum Gasteiger partial charge on any atom is -0.508 e. The number of carboxylic acid groups (broad SMARTS) is 3. The number of phenols is 1. The SMILES string of the molecule is CCC1(c2cccc(O)c2)CCCCN(C)C1.NC(=O)O.N[C@@H](CCC(=O)O)C(=O)O. The Morgan fingerprint density at radius 3 is 2.29 bits per heavy atom. The van der Waals surface area contributed by atoms with E-state index in [4.69, 9.17) is 25.8 Å². The first kappa shape index (κ1) is 28.1. The second kappa shape index (κ2) is 14.2. The molecule has 0 aromatic heterocycles. The Labute approximate surface area is 182 Å². The van der Waals surface area contributed by atoms with Crippen LogP contribution in [0.25, 0.3) is 0 Å². The molecule has 1 heterocycles. The van der Waals surface area contributed by atoms with Gasteiger partial charge in [0.25, 0.3) is 0 Å². The Balaban J connectivity index is 0.000000548. The summed E-state index contributed by atoms with van der Waals surface area (Å²) in [7, 11) is 2.21. The first-order valence-corrected chi connectivity index (χ1v) is 10.1. The summed E-state index contributed by atoms with van der Waals surface area (Å²) in [5.41, 5.74) is 10.6. The molecule has 2 atom stereocenters. The molecule has 1 saturated heterocycles. The van der Waals surface area contributed by atoms with Crippen LogP contribution in [0, 0.1) is 0 Å². The van der Waals surface area contributed by atoms with Crippen molar-refractivity contribution in [3.05, 3.63) is 29.8 Å². The van der Waals surface area contributed by atoms with Gasteiger partial charge in [-0.25, -0.2) is 4.79 Å². The van der Waals surface area contributed by atoms with Gasteiger partial charge in [0.05, 0.1) is 0 Å². The molecule has 176 valence electrons. The number of rotatable bonds is 6. The van der Waals surface area contributed by atoms with Crippen LogP contribution >= 0.6 is 0 Å². The van der Waals surface area contributed by atoms with Gasteiger partial charge in [0.1, 0.15) is 11.8 Å². The van der Waals surface area contributed by atoms with E-state index in [2.05, 4.69) is 30.7 Å². The van der Waals surface area contributed by atoms with Crippen LogP contribution in [0.2, 0.25) is 0 Å². The molecule has 1 aliphatic heterocycles. The van der Waals surface area contributed by atoms with E-state index in [1.54, 1.807) is 6.07 Å². The van der Waals surface area contributed by atoms with E-state index in [9.17, 15) is 14.7 Å². The Kier molecular flexibility index (Phi) is 12.9. The number of aliphatic carboxylic acids is 2. The Morgan fingerprint density at radius 1 is 1.19 bits per heavy atom. The lowest BCUT2D eigenvalue weighted by Gasteiger charge is -2.35. The lowest BCUT2D eigenvalue weighted by atomic mass is 9.74. The molecule has 0 bridgehead atoms. The number of primary amides is 1. The summed E-state index contributed by atoms with van der Waals surface area (Å²) in [6, 6.07) is 6.78. The molecular formula is C21H35N3O7. The molecule has 1 amide bonds. The van der Waals surface area contributed by atoms with Crippen LogP contribution in [-0.4, -0.2) is 69.5 Å². The van der Waals surface area contributed by atoms with Crippen molar-refractivity contribution >= 4 is 18.0 Å². The number of nitrogens with two attached hydrogens (primary N) is 2. The topological polar surface area (TPSA) is 187 Å². The molecule has 0 saturated carbocycles. The van der Waals surface area contributed by atoms with E-state index in [1.807, 2.05) is 12.1 Å². The molecule has 0 aliphatic carbocycles. The number of carbonyl (C=O) groups is 3. The van der Waals surface area contributed by atoms with Crippen molar-refractivity contribution in [1.29, 1.82) is 0 Å². The lowest BCUT2D eigenvalue weighted by Crippen LogP contribution is -2.37. The predicted octanol–water partition coefficient (Wildman–Crippen LogP) is 2.04. The average molecular weight is 442 g/mol. The molecule has 1 aliphatic rings. The van der Waals surface area contributed by atoms with Crippen LogP contribution in [0.3, 0.4) is 0 Å². The number of phenolic OH excluding ortho intramolecular Hbond substituents is 1. The lowest BCUT2D eigenvalue weighted by molar-refractivity contribution is -0.139. The Bertz CT molecular complexity index is 710. The second-order valence-corrected chi connectivity index (χ2v) is 7.59. The summed E-state index contributed by atoms with van der Waals surface area (Å²) in [6.45, 7) is 4.57. The van der Waals surface area contributed by atoms with Crippen LogP contribution in [0.4, 0.5) is 4.79 Å². The van der Waals surface area contributed by atoms with Crippen LogP contribution in [0.15, 0.2) is 24.3 Å². The molecule has 10 heteroatoms. The highest BCUT2D eigenvalue weighted by Crippen LogP contribution is 2.37. The summed E-state index contributed by atoms with van der Waals surface area (Å²) in [5, 5.41) is 33.1. The number of hydrogen-bond acceptors (Lipinski definition) is 6. The molecule has 2 rings (SSSR count). The van der Waals surface area contributed by atoms with Gasteiger partial charge in [-0.3, -0.25) is 9.59 Å². The van der Waals surface area contributed by atoms with Crippen molar-refractivity contribution in [2.24, 2.45) is 11.5 Å². The van der Waals surface area contributed by atoms with E-state index in [0.717, 1.165) is 13.0 Å². The van der Waals surface area contributed by atoms with Crippen molar-refractivity contribution in [2.45, 2.75) is 56.9 Å². The molecule has 0 radical (unpaired) electrons. The molecule has 1 unspecified atom stereocenters. The number of benzene rings is 1. The second-order valence-electron chi connectivity index (χ2n) is 7.59. The highest BCUT2D eigenvalue weighted by Gasteiger charge is 2.33. The van der Waals surface area contributed by atoms with E-state index >= 15 is 0 Å². The van der Waals surface area contributed by atoms with Gasteiger partial charge in [-0.15, -0.1) is 0 Å². The van der Waals surface area contributed by atoms with Crippen molar-refractivity contribution in [2.75, 3.05) is 20.1 Å². The summed E-state index contributed by atoms with van der Waals surface area (Å²) in [5.74, 6) is -1.81. The number of amides is 1. The van der Waals surface area contributed by atoms with Crippen molar-refractivity contribution < 1.29 is 34.8 Å². The number of likely N-dealkylation sites (N-methyl/N-ethyl adjacent to an activating group) is 1. The zero-order valence-corrected chi connectivity index (χ0v) is 18.2. The molecule has 10 nitrogen and oxygen atoms in total. The summed E-state index contributed by atoms with van der Waals surface area (Å²) in [4.78, 5) is 31.1. The third-order valence-corrected chi connectivity index (χ3v) is 5.14. The summed E-state index contributed by atoms with van der Waals surface area (Å²) < 4.78 is 0. The van der Waals surface area contributed by atoms with E-state index in [-0.39, 0.29) is 18.3 Å². The minimum atomic E-state index is -1.33. The standard InChI is InChI=1S/C15H23NO.C5H9NO4.CH3NO2/c1-3-15(9-4-5-10-16(2)12-15)13-7-6-8-14(17)11-13;6-3(5(9)10)1-2-4(7)8;2-1(3)4/h6-8,11,17H,3-5,9-10,12H2,1-2H3;3H,1-2,6H2,(H,7,8)(H,9,10);2H2,(H,3,4)/t;3-;/m.0./s1. The van der Waals surface area contributed by atoms with E-state index < -0.39 is 24.1 Å². The Morgan fingerprint density at radius 2 is 1.81 bits per heavy atom. The van der Waals surface area contributed by atoms with Crippen molar-refractivity contribution in [3.8, 4) is 5.75 Å². The normalized spacial score (nSPS) is 19.5. The molecule has 8 N–H and O–H groups in total. The maximum absolute atomic E-state index is 9.99. The smallest absolute Gasteiger partial charge is 0.402 e. The number of likely N-dealkylation sites (tertiary alicyclic amines) is 1. The maximum Gasteiger partial charge on any atom is 0.402 e. The maximum atomic E-state index is 9.99. The molecule has 31 heavy (non-hydrogen) atoms. The molecule has 1 fully saturated rings. The van der Waals surface area contributed by atoms with Gasteiger partial charge in [0, 0.05) is 18.4 Å². The summed E-state index contributed by atoms with van der Waals surface area (Å²) >= 11 is 0. The monoisotopic (exact) mass is 441 g/mol. The van der Waals surface area contributed by atoms with Gasteiger partial charge < -0.3 is 36.8 Å². The quantitative estimate of drug-likeness (QED) is 0.384. The van der Waals surface area contributed by atoms with Gasteiger partial charge in [0.2, 0.25) is 0 Å². The van der Waals surface area contributed by atoms with E-state index in [0.29, 0.717) is 5.75 Å². The van der Waals surface area contributed by atoms with Crippen LogP contribution < -0.4 is 11.5 Å². The van der Waals surface area contributed by atoms with Gasteiger partial charge >= 0.3 is 18.0 Å². The minimum absolute atomic E-state index is 0.0231. The first-order valence-electron chi connectivity index (χ1n) is 10.1. The third kappa shape index (κ3) is 11.8. The molecular weight excluding hydrogens is 406 g/mol. The zero-order chi connectivity index (χ0) is 24.0. The van der Waals surface area contributed by atoms with Gasteiger partial charge in [0.15, 0.2) is 0 Å². The van der Waals surface area contributed by atoms with Crippen molar-refractivity contribution in [1.82, 2.24) is 4.90 Å². The third-order valence-electron chi connectivity index (χ3n) is 5.14. The zero-order valence-electron chi connectivity index (χ0n) is 18.2. The first-order chi connectivity index (χ1) is 14.4. The van der Waals surface area contributed by atoms with Crippen molar-refractivity contribution in [3.63, 3.8) is 0 Å². The fourth-order valence-corrected chi connectivity index (χ4v) is 3.49. The molecule has 1 aromatic carbocycles. The largest absolute Gasteiger partial charge is 0.508 e. The average Bonchev–Trinajstić information content (AvgIpc) is 2.88. The summed E-state index contributed by atoms with van der Waals surface area (Å²) in [6.07, 6.45) is 3.39. The molecule has 1 aromatic rings. The number of nitrogens with zero attached hydrogens (tertiary/aromatic N) is 1. The Hall–Kier alpha value is -2.85. The van der Waals surface area contributed by atoms with Crippen LogP contribution in [-0.2, 0) is 15.0 Å². The molecule has 0 spiro atoms. The fraction of sp³-hybridized carbons (Fsp3) is 0.571. The van der Waals surface area contributed by atoms with E-state index in [1.165, 1.54) is 31.4 Å². The number of carboxylic acids is 2. The highest BCUT2D eigenvalue weighted by atomic mass is 16.4. The van der Waals surface area contributed by atoms with Gasteiger partial charge in [-0.05, 0) is 57.0 Å². The van der Waals surface area contributed by atoms with Crippen LogP contribution in [0.1, 0.15) is 51.0 Å². The predicted molar refractivity (Wildman–Crippen MR) is 116 cm³/mol. The van der Waals surface area contributed by atoms with Gasteiger partial charge in [-0.1, -0.05) is 25.5 Å². The van der Waals surface area contributed by atoms with Gasteiger partial charge in [-0.2, -0.15) is 0 Å². The number of hydrogen-bond donors (Lipinski definition) is 6.